The summed E-state index contributed by atoms with van der Waals surface area (Å²) in [6.45, 7) is 3.25. The van der Waals surface area contributed by atoms with Crippen molar-refractivity contribution in [1.29, 1.82) is 0 Å². The van der Waals surface area contributed by atoms with Gasteiger partial charge in [-0.15, -0.1) is 0 Å². The fourth-order valence-corrected chi connectivity index (χ4v) is 1.62. The van der Waals surface area contributed by atoms with E-state index in [4.69, 9.17) is 9.47 Å². The van der Waals surface area contributed by atoms with E-state index in [2.05, 4.69) is 0 Å². The van der Waals surface area contributed by atoms with Crippen molar-refractivity contribution in [3.8, 4) is 11.5 Å². The molecule has 0 saturated carbocycles. The Kier molecular flexibility index (Phi) is 5.00. The largest absolute Gasteiger partial charge is 0.493 e. The predicted octanol–water partition coefficient (Wildman–Crippen LogP) is 2.99. The number of nitrogens with zero attached hydrogens (tertiary/aromatic N) is 1. The van der Waals surface area contributed by atoms with Crippen molar-refractivity contribution in [3.63, 3.8) is 0 Å². The summed E-state index contributed by atoms with van der Waals surface area (Å²) in [5.74, 6) is -0.204. The van der Waals surface area contributed by atoms with E-state index in [1.165, 1.54) is 7.11 Å². The van der Waals surface area contributed by atoms with Crippen molar-refractivity contribution in [2.45, 2.75) is 32.2 Å². The minimum Gasteiger partial charge on any atom is -0.493 e. The number of hydrogen-bond acceptors (Lipinski definition) is 5. The summed E-state index contributed by atoms with van der Waals surface area (Å²) in [6.07, 6.45) is -8.41. The number of halogens is 3. The maximum absolute atomic E-state index is 12.6. The van der Waals surface area contributed by atoms with Gasteiger partial charge in [0, 0.05) is 0 Å². The van der Waals surface area contributed by atoms with Crippen LogP contribution >= 0.6 is 0 Å². The topological polar surface area (TPSA) is 81.8 Å². The maximum atomic E-state index is 12.6. The number of aliphatic hydroxyl groups is 1. The molecule has 6 nitrogen and oxygen atoms in total. The lowest BCUT2D eigenvalue weighted by Gasteiger charge is -2.18. The number of rotatable bonds is 5. The lowest BCUT2D eigenvalue weighted by atomic mass is 10.1. The Balaban J connectivity index is 3.48. The monoisotopic (exact) mass is 309 g/mol. The SMILES string of the molecule is COc1cc([N+](=O)[O-])c(C(O)C(F)(F)F)cc1OC(C)C. The number of nitro benzene ring substituents is 1. The molecule has 0 bridgehead atoms. The highest BCUT2D eigenvalue weighted by Crippen LogP contribution is 2.42. The van der Waals surface area contributed by atoms with Crippen LogP contribution < -0.4 is 9.47 Å². The summed E-state index contributed by atoms with van der Waals surface area (Å²) in [5.41, 5.74) is -1.79. The Labute approximate surface area is 118 Å². The van der Waals surface area contributed by atoms with Gasteiger partial charge in [0.1, 0.15) is 0 Å². The second-order valence-corrected chi connectivity index (χ2v) is 4.43. The fourth-order valence-electron chi connectivity index (χ4n) is 1.62. The molecule has 9 heteroatoms. The average molecular weight is 309 g/mol. The Morgan fingerprint density at radius 2 is 1.86 bits per heavy atom. The van der Waals surface area contributed by atoms with Gasteiger partial charge in [-0.05, 0) is 19.9 Å². The third kappa shape index (κ3) is 3.97. The van der Waals surface area contributed by atoms with Crippen LogP contribution in [0.25, 0.3) is 0 Å². The van der Waals surface area contributed by atoms with Gasteiger partial charge in [-0.2, -0.15) is 13.2 Å². The second-order valence-electron chi connectivity index (χ2n) is 4.43. The molecule has 1 aromatic rings. The molecule has 0 spiro atoms. The molecule has 0 aliphatic carbocycles. The highest BCUT2D eigenvalue weighted by atomic mass is 19.4. The number of methoxy groups -OCH3 is 1. The van der Waals surface area contributed by atoms with Crippen molar-refractivity contribution in [1.82, 2.24) is 0 Å². The number of alkyl halides is 3. The third-order valence-corrected chi connectivity index (χ3v) is 2.48. The van der Waals surface area contributed by atoms with E-state index in [0.717, 1.165) is 12.1 Å². The molecule has 0 heterocycles. The number of aliphatic hydroxyl groups excluding tert-OH is 1. The van der Waals surface area contributed by atoms with Crippen LogP contribution in [0.15, 0.2) is 12.1 Å². The maximum Gasteiger partial charge on any atom is 0.418 e. The Morgan fingerprint density at radius 3 is 2.24 bits per heavy atom. The van der Waals surface area contributed by atoms with Crippen LogP contribution in [-0.2, 0) is 0 Å². The van der Waals surface area contributed by atoms with Crippen LogP contribution in [0.5, 0.6) is 11.5 Å². The lowest BCUT2D eigenvalue weighted by molar-refractivity contribution is -0.387. The molecule has 1 rings (SSSR count). The highest BCUT2D eigenvalue weighted by molar-refractivity contribution is 5.55. The van der Waals surface area contributed by atoms with Crippen molar-refractivity contribution in [2.75, 3.05) is 7.11 Å². The van der Waals surface area contributed by atoms with Crippen LogP contribution in [0.1, 0.15) is 25.5 Å². The van der Waals surface area contributed by atoms with Gasteiger partial charge >= 0.3 is 6.18 Å². The minimum absolute atomic E-state index is 0.0893. The molecule has 1 atom stereocenters. The van der Waals surface area contributed by atoms with Crippen molar-refractivity contribution < 1.29 is 32.7 Å². The molecule has 0 radical (unpaired) electrons. The van der Waals surface area contributed by atoms with E-state index in [1.807, 2.05) is 0 Å². The smallest absolute Gasteiger partial charge is 0.418 e. The molecule has 1 unspecified atom stereocenters. The van der Waals surface area contributed by atoms with Gasteiger partial charge in [-0.25, -0.2) is 0 Å². The van der Waals surface area contributed by atoms with Crippen LogP contribution in [0.3, 0.4) is 0 Å². The number of benzene rings is 1. The lowest BCUT2D eigenvalue weighted by Crippen LogP contribution is -2.21. The van der Waals surface area contributed by atoms with Gasteiger partial charge in [0.15, 0.2) is 17.6 Å². The first-order chi connectivity index (χ1) is 9.57. The highest BCUT2D eigenvalue weighted by Gasteiger charge is 2.43. The van der Waals surface area contributed by atoms with Crippen molar-refractivity contribution in [3.05, 3.63) is 27.8 Å². The molecule has 0 aliphatic rings. The first-order valence-corrected chi connectivity index (χ1v) is 5.85. The molecule has 1 aromatic carbocycles. The predicted molar refractivity (Wildman–Crippen MR) is 66.4 cm³/mol. The molecule has 0 saturated heterocycles. The summed E-state index contributed by atoms with van der Waals surface area (Å²) in [5, 5.41) is 20.2. The average Bonchev–Trinajstić information content (AvgIpc) is 2.35. The molecular weight excluding hydrogens is 295 g/mol. The summed E-state index contributed by atoms with van der Waals surface area (Å²) in [4.78, 5) is 9.86. The van der Waals surface area contributed by atoms with Crippen LogP contribution in [0.2, 0.25) is 0 Å². The van der Waals surface area contributed by atoms with Crippen LogP contribution in [-0.4, -0.2) is 29.4 Å². The number of nitro groups is 1. The second kappa shape index (κ2) is 6.17. The summed E-state index contributed by atoms with van der Waals surface area (Å²) < 4.78 is 47.9. The van der Waals surface area contributed by atoms with Crippen molar-refractivity contribution in [2.24, 2.45) is 0 Å². The molecule has 0 fully saturated rings. The fraction of sp³-hybridized carbons (Fsp3) is 0.500. The van der Waals surface area contributed by atoms with Gasteiger partial charge in [0.05, 0.1) is 29.8 Å². The van der Waals surface area contributed by atoms with E-state index in [0.29, 0.717) is 0 Å². The molecule has 21 heavy (non-hydrogen) atoms. The normalized spacial score (nSPS) is 13.1. The third-order valence-electron chi connectivity index (χ3n) is 2.48. The standard InChI is InChI=1S/C12H14F3NO5/c1-6(2)21-10-4-7(11(17)12(13,14)15)8(16(18)19)5-9(10)20-3/h4-6,11,17H,1-3H3. The first-order valence-electron chi connectivity index (χ1n) is 5.85. The molecule has 0 aromatic heterocycles. The van der Waals surface area contributed by atoms with Gasteiger partial charge in [0.25, 0.3) is 5.69 Å². The summed E-state index contributed by atoms with van der Waals surface area (Å²) >= 11 is 0. The summed E-state index contributed by atoms with van der Waals surface area (Å²) in [6, 6.07) is 1.57. The van der Waals surface area contributed by atoms with Crippen molar-refractivity contribution >= 4 is 5.69 Å². The quantitative estimate of drug-likeness (QED) is 0.668. The van der Waals surface area contributed by atoms with Crippen LogP contribution in [0.4, 0.5) is 18.9 Å². The van der Waals surface area contributed by atoms with Gasteiger partial charge in [-0.1, -0.05) is 0 Å². The van der Waals surface area contributed by atoms with E-state index in [-0.39, 0.29) is 11.5 Å². The van der Waals surface area contributed by atoms with Gasteiger partial charge in [0.2, 0.25) is 0 Å². The zero-order valence-electron chi connectivity index (χ0n) is 11.5. The van der Waals surface area contributed by atoms with E-state index in [9.17, 15) is 28.4 Å². The first kappa shape index (κ1) is 17.0. The summed E-state index contributed by atoms with van der Waals surface area (Å²) in [7, 11) is 1.20. The minimum atomic E-state index is -5.03. The number of ether oxygens (including phenoxy) is 2. The molecular formula is C12H14F3NO5. The molecule has 118 valence electrons. The zero-order valence-corrected chi connectivity index (χ0v) is 11.5. The zero-order chi connectivity index (χ0) is 16.4. The van der Waals surface area contributed by atoms with E-state index in [1.54, 1.807) is 13.8 Å². The number of hydrogen-bond donors (Lipinski definition) is 1. The Hall–Kier alpha value is -2.03. The Morgan fingerprint density at radius 1 is 1.29 bits per heavy atom. The molecule has 1 N–H and O–H groups in total. The molecule has 0 amide bonds. The van der Waals surface area contributed by atoms with Gasteiger partial charge in [-0.3, -0.25) is 10.1 Å². The Bertz CT molecular complexity index is 530. The molecule has 0 aliphatic heterocycles. The van der Waals surface area contributed by atoms with Gasteiger partial charge < -0.3 is 14.6 Å². The van der Waals surface area contributed by atoms with Crippen LogP contribution in [0, 0.1) is 10.1 Å². The van der Waals surface area contributed by atoms with E-state index < -0.39 is 34.6 Å². The van der Waals surface area contributed by atoms with E-state index >= 15 is 0 Å².